The lowest BCUT2D eigenvalue weighted by atomic mass is 9.97. The number of hydrazone groups is 1. The van der Waals surface area contributed by atoms with Crippen LogP contribution in [-0.4, -0.2) is 35.7 Å². The van der Waals surface area contributed by atoms with Crippen molar-refractivity contribution in [3.05, 3.63) is 52.5 Å². The molecule has 0 N–H and O–H groups in total. The van der Waals surface area contributed by atoms with E-state index in [9.17, 15) is 14.4 Å². The lowest BCUT2D eigenvalue weighted by Crippen LogP contribution is -2.24. The average molecular weight is 445 g/mol. The van der Waals surface area contributed by atoms with Crippen LogP contribution in [0.15, 0.2) is 41.5 Å². The highest BCUT2D eigenvalue weighted by atomic mass is 35.5. The summed E-state index contributed by atoms with van der Waals surface area (Å²) >= 11 is 6.15. The molecule has 1 atom stereocenters. The number of methoxy groups -OCH3 is 1. The number of rotatable bonds is 5. The zero-order chi connectivity index (χ0) is 22.7. The standard InChI is InChI=1S/C22H21ClN2O6/c1-12(26)25-19(15-5-7-21(31-14(3)28)22(9-15)29-4)11-18(24-25)17-10-16(23)6-8-20(17)30-13(2)27/h5-10,19H,11H2,1-4H3/t19-/m1/s1. The van der Waals surface area contributed by atoms with E-state index in [1.54, 1.807) is 36.4 Å². The molecule has 2 aromatic carbocycles. The Morgan fingerprint density at radius 3 is 2.23 bits per heavy atom. The van der Waals surface area contributed by atoms with Crippen LogP contribution in [0, 0.1) is 0 Å². The predicted molar refractivity (Wildman–Crippen MR) is 113 cm³/mol. The summed E-state index contributed by atoms with van der Waals surface area (Å²) < 4.78 is 15.8. The lowest BCUT2D eigenvalue weighted by Gasteiger charge is -2.21. The lowest BCUT2D eigenvalue weighted by molar-refractivity contribution is -0.132. The Labute approximate surface area is 184 Å². The molecule has 1 aliphatic heterocycles. The molecule has 1 amide bonds. The van der Waals surface area contributed by atoms with Gasteiger partial charge in [0.05, 0.1) is 18.9 Å². The van der Waals surface area contributed by atoms with Crippen LogP contribution in [0.3, 0.4) is 0 Å². The molecule has 0 saturated heterocycles. The second-order valence-corrected chi connectivity index (χ2v) is 7.30. The quantitative estimate of drug-likeness (QED) is 0.512. The molecule has 8 nitrogen and oxygen atoms in total. The van der Waals surface area contributed by atoms with Crippen LogP contribution in [0.5, 0.6) is 17.2 Å². The Kier molecular flexibility index (Phi) is 6.60. The Hall–Kier alpha value is -3.39. The molecule has 0 saturated carbocycles. The second-order valence-electron chi connectivity index (χ2n) is 6.87. The number of carbonyl (C=O) groups is 3. The summed E-state index contributed by atoms with van der Waals surface area (Å²) in [6, 6.07) is 9.45. The molecule has 0 spiro atoms. The molecule has 1 heterocycles. The summed E-state index contributed by atoms with van der Waals surface area (Å²) in [5.41, 5.74) is 1.81. The van der Waals surface area contributed by atoms with Crippen molar-refractivity contribution in [2.24, 2.45) is 5.10 Å². The molecule has 0 radical (unpaired) electrons. The normalized spacial score (nSPS) is 15.3. The van der Waals surface area contributed by atoms with Gasteiger partial charge in [-0.05, 0) is 35.9 Å². The van der Waals surface area contributed by atoms with E-state index in [2.05, 4.69) is 5.10 Å². The van der Waals surface area contributed by atoms with Crippen molar-refractivity contribution in [2.75, 3.05) is 7.11 Å². The van der Waals surface area contributed by atoms with Crippen molar-refractivity contribution in [2.45, 2.75) is 33.2 Å². The fraction of sp³-hybridized carbons (Fsp3) is 0.273. The van der Waals surface area contributed by atoms with Gasteiger partial charge in [-0.3, -0.25) is 14.4 Å². The second kappa shape index (κ2) is 9.18. The van der Waals surface area contributed by atoms with Crippen molar-refractivity contribution in [3.8, 4) is 17.2 Å². The molecule has 162 valence electrons. The number of hydrogen-bond acceptors (Lipinski definition) is 7. The van der Waals surface area contributed by atoms with Gasteiger partial charge in [-0.25, -0.2) is 5.01 Å². The maximum Gasteiger partial charge on any atom is 0.308 e. The summed E-state index contributed by atoms with van der Waals surface area (Å²) in [5, 5.41) is 6.27. The third kappa shape index (κ3) is 5.03. The third-order valence-corrected chi connectivity index (χ3v) is 4.80. The smallest absolute Gasteiger partial charge is 0.308 e. The first-order valence-electron chi connectivity index (χ1n) is 9.41. The minimum Gasteiger partial charge on any atom is -0.493 e. The van der Waals surface area contributed by atoms with Gasteiger partial charge in [-0.2, -0.15) is 5.10 Å². The van der Waals surface area contributed by atoms with Crippen molar-refractivity contribution < 1.29 is 28.6 Å². The van der Waals surface area contributed by atoms with Gasteiger partial charge in [-0.15, -0.1) is 0 Å². The van der Waals surface area contributed by atoms with E-state index in [0.717, 1.165) is 5.56 Å². The van der Waals surface area contributed by atoms with E-state index >= 15 is 0 Å². The zero-order valence-corrected chi connectivity index (χ0v) is 18.2. The monoisotopic (exact) mass is 444 g/mol. The number of ether oxygens (including phenoxy) is 3. The number of carbonyl (C=O) groups excluding carboxylic acids is 3. The van der Waals surface area contributed by atoms with Crippen LogP contribution in [0.4, 0.5) is 0 Å². The van der Waals surface area contributed by atoms with Gasteiger partial charge in [0, 0.05) is 37.8 Å². The largest absolute Gasteiger partial charge is 0.493 e. The Morgan fingerprint density at radius 1 is 0.968 bits per heavy atom. The molecule has 0 bridgehead atoms. The molecule has 0 aromatic heterocycles. The molecular weight excluding hydrogens is 424 g/mol. The molecular formula is C22H21ClN2O6. The summed E-state index contributed by atoms with van der Waals surface area (Å²) in [7, 11) is 1.46. The van der Waals surface area contributed by atoms with Crippen LogP contribution in [-0.2, 0) is 14.4 Å². The molecule has 3 rings (SSSR count). The third-order valence-electron chi connectivity index (χ3n) is 4.57. The number of hydrogen-bond donors (Lipinski definition) is 0. The van der Waals surface area contributed by atoms with E-state index in [1.165, 1.54) is 32.9 Å². The minimum absolute atomic E-state index is 0.265. The summed E-state index contributed by atoms with van der Waals surface area (Å²) in [6.07, 6.45) is 0.351. The van der Waals surface area contributed by atoms with Gasteiger partial charge < -0.3 is 14.2 Å². The number of amides is 1. The van der Waals surface area contributed by atoms with Gasteiger partial charge in [0.1, 0.15) is 5.75 Å². The first-order valence-corrected chi connectivity index (χ1v) is 9.79. The summed E-state index contributed by atoms with van der Waals surface area (Å²) in [6.45, 7) is 4.01. The highest BCUT2D eigenvalue weighted by Crippen LogP contribution is 2.39. The van der Waals surface area contributed by atoms with E-state index in [1.807, 2.05) is 0 Å². The molecule has 0 unspecified atom stereocenters. The van der Waals surface area contributed by atoms with Gasteiger partial charge >= 0.3 is 11.9 Å². The fourth-order valence-corrected chi connectivity index (χ4v) is 3.50. The SMILES string of the molecule is COc1cc([C@H]2CC(c3cc(Cl)ccc3OC(C)=O)=NN2C(C)=O)ccc1OC(C)=O. The molecule has 9 heteroatoms. The first-order chi connectivity index (χ1) is 14.7. The Morgan fingerprint density at radius 2 is 1.61 bits per heavy atom. The van der Waals surface area contributed by atoms with Crippen molar-refractivity contribution in [3.63, 3.8) is 0 Å². The number of halogens is 1. The van der Waals surface area contributed by atoms with Crippen molar-refractivity contribution in [1.82, 2.24) is 5.01 Å². The molecule has 0 fully saturated rings. The van der Waals surface area contributed by atoms with Crippen molar-refractivity contribution >= 4 is 35.2 Å². The maximum absolute atomic E-state index is 12.3. The topological polar surface area (TPSA) is 94.5 Å². The van der Waals surface area contributed by atoms with Crippen LogP contribution in [0.25, 0.3) is 0 Å². The van der Waals surface area contributed by atoms with Gasteiger partial charge in [0.15, 0.2) is 11.5 Å². The first kappa shape index (κ1) is 22.3. The van der Waals surface area contributed by atoms with Crippen LogP contribution < -0.4 is 14.2 Å². The van der Waals surface area contributed by atoms with Gasteiger partial charge in [0.2, 0.25) is 5.91 Å². The van der Waals surface area contributed by atoms with E-state index < -0.39 is 18.0 Å². The average Bonchev–Trinajstić information content (AvgIpc) is 3.14. The zero-order valence-electron chi connectivity index (χ0n) is 17.5. The molecule has 2 aromatic rings. The van der Waals surface area contributed by atoms with E-state index in [4.69, 9.17) is 25.8 Å². The Balaban J connectivity index is 1.99. The number of benzene rings is 2. The van der Waals surface area contributed by atoms with Gasteiger partial charge in [-0.1, -0.05) is 17.7 Å². The predicted octanol–water partition coefficient (Wildman–Crippen LogP) is 3.90. The highest BCUT2D eigenvalue weighted by molar-refractivity contribution is 6.31. The number of nitrogens with zero attached hydrogens (tertiary/aromatic N) is 2. The van der Waals surface area contributed by atoms with Gasteiger partial charge in [0.25, 0.3) is 0 Å². The van der Waals surface area contributed by atoms with E-state index in [-0.39, 0.29) is 11.7 Å². The maximum atomic E-state index is 12.3. The Bertz CT molecular complexity index is 1080. The highest BCUT2D eigenvalue weighted by Gasteiger charge is 2.33. The van der Waals surface area contributed by atoms with Crippen LogP contribution >= 0.6 is 11.6 Å². The molecule has 1 aliphatic rings. The van der Waals surface area contributed by atoms with Crippen LogP contribution in [0.2, 0.25) is 5.02 Å². The summed E-state index contributed by atoms with van der Waals surface area (Å²) in [5.74, 6) is -0.274. The number of esters is 2. The molecule has 31 heavy (non-hydrogen) atoms. The fourth-order valence-electron chi connectivity index (χ4n) is 3.33. The summed E-state index contributed by atoms with van der Waals surface area (Å²) in [4.78, 5) is 35.1. The van der Waals surface area contributed by atoms with E-state index in [0.29, 0.717) is 34.2 Å². The molecule has 0 aliphatic carbocycles. The minimum atomic E-state index is -0.479. The van der Waals surface area contributed by atoms with Crippen LogP contribution in [0.1, 0.15) is 44.4 Å². The van der Waals surface area contributed by atoms with Crippen molar-refractivity contribution in [1.29, 1.82) is 0 Å².